The van der Waals surface area contributed by atoms with Crippen molar-refractivity contribution in [2.75, 3.05) is 12.4 Å². The summed E-state index contributed by atoms with van der Waals surface area (Å²) in [6.07, 6.45) is 1.02. The normalized spacial score (nSPS) is 11.7. The van der Waals surface area contributed by atoms with Gasteiger partial charge in [-0.25, -0.2) is 4.79 Å². The maximum Gasteiger partial charge on any atom is 0.340 e. The summed E-state index contributed by atoms with van der Waals surface area (Å²) in [4.78, 5) is 12.8. The van der Waals surface area contributed by atoms with Gasteiger partial charge in [0, 0.05) is 4.88 Å². The molecule has 6 heteroatoms. The molecule has 0 aliphatic rings. The second kappa shape index (κ2) is 8.26. The fraction of sp³-hybridized carbons (Fsp3) is 0.333. The third-order valence-electron chi connectivity index (χ3n) is 3.72. The SMILES string of the molecule is CCc1ccc(C(C)NC(=S)Nc2sc(C)cc2C(=O)OC)cc1. The van der Waals surface area contributed by atoms with Gasteiger partial charge in [0.15, 0.2) is 5.11 Å². The molecule has 2 N–H and O–H groups in total. The molecular formula is C18H22N2O2S2. The molecule has 24 heavy (non-hydrogen) atoms. The van der Waals surface area contributed by atoms with Gasteiger partial charge in [-0.2, -0.15) is 0 Å². The van der Waals surface area contributed by atoms with Crippen LogP contribution in [0.15, 0.2) is 30.3 Å². The first-order valence-corrected chi connectivity index (χ1v) is 9.02. The van der Waals surface area contributed by atoms with Gasteiger partial charge >= 0.3 is 5.97 Å². The number of nitrogens with one attached hydrogen (secondary N) is 2. The number of methoxy groups -OCH3 is 1. The van der Waals surface area contributed by atoms with Crippen LogP contribution in [0.2, 0.25) is 0 Å². The number of benzene rings is 1. The highest BCUT2D eigenvalue weighted by atomic mass is 32.1. The molecule has 0 amide bonds. The molecule has 0 spiro atoms. The van der Waals surface area contributed by atoms with Crippen molar-refractivity contribution in [1.82, 2.24) is 5.32 Å². The Morgan fingerprint density at radius 2 is 2.00 bits per heavy atom. The molecule has 0 saturated carbocycles. The molecule has 1 unspecified atom stereocenters. The van der Waals surface area contributed by atoms with Gasteiger partial charge in [0.2, 0.25) is 0 Å². The quantitative estimate of drug-likeness (QED) is 0.608. The fourth-order valence-electron chi connectivity index (χ4n) is 2.33. The molecule has 128 valence electrons. The van der Waals surface area contributed by atoms with Gasteiger partial charge in [-0.1, -0.05) is 31.2 Å². The molecule has 0 aliphatic carbocycles. The summed E-state index contributed by atoms with van der Waals surface area (Å²) in [5.74, 6) is -0.368. The number of rotatable bonds is 5. The van der Waals surface area contributed by atoms with Crippen molar-refractivity contribution in [2.24, 2.45) is 0 Å². The minimum Gasteiger partial charge on any atom is -0.465 e. The number of thiocarbonyl (C=S) groups is 1. The van der Waals surface area contributed by atoms with Crippen molar-refractivity contribution >= 4 is 39.6 Å². The number of hydrogen-bond acceptors (Lipinski definition) is 4. The number of anilines is 1. The van der Waals surface area contributed by atoms with Gasteiger partial charge in [-0.05, 0) is 49.7 Å². The van der Waals surface area contributed by atoms with Gasteiger partial charge in [0.05, 0.1) is 18.7 Å². The number of carbonyl (C=O) groups excluding carboxylic acids is 1. The third-order valence-corrected chi connectivity index (χ3v) is 4.91. The zero-order valence-corrected chi connectivity index (χ0v) is 15.9. The van der Waals surface area contributed by atoms with Gasteiger partial charge in [0.1, 0.15) is 5.00 Å². The van der Waals surface area contributed by atoms with Gasteiger partial charge in [0.25, 0.3) is 0 Å². The van der Waals surface area contributed by atoms with E-state index in [1.807, 2.05) is 6.92 Å². The lowest BCUT2D eigenvalue weighted by atomic mass is 10.1. The number of ether oxygens (including phenoxy) is 1. The molecule has 0 bridgehead atoms. The van der Waals surface area contributed by atoms with Crippen LogP contribution in [-0.4, -0.2) is 18.2 Å². The molecule has 0 saturated heterocycles. The fourth-order valence-corrected chi connectivity index (χ4v) is 3.58. The lowest BCUT2D eigenvalue weighted by Crippen LogP contribution is -2.31. The molecule has 1 aromatic carbocycles. The zero-order chi connectivity index (χ0) is 17.7. The largest absolute Gasteiger partial charge is 0.465 e. The van der Waals surface area contributed by atoms with E-state index in [9.17, 15) is 4.79 Å². The Kier molecular flexibility index (Phi) is 6.34. The number of esters is 1. The lowest BCUT2D eigenvalue weighted by Gasteiger charge is -2.17. The van der Waals surface area contributed by atoms with Crippen LogP contribution in [-0.2, 0) is 11.2 Å². The first-order chi connectivity index (χ1) is 11.4. The Balaban J connectivity index is 2.03. The topological polar surface area (TPSA) is 50.4 Å². The third kappa shape index (κ3) is 4.55. The highest BCUT2D eigenvalue weighted by Crippen LogP contribution is 2.28. The van der Waals surface area contributed by atoms with E-state index < -0.39 is 0 Å². The Hall–Kier alpha value is -1.92. The highest BCUT2D eigenvalue weighted by molar-refractivity contribution is 7.80. The van der Waals surface area contributed by atoms with Crippen LogP contribution in [0, 0.1) is 6.92 Å². The van der Waals surface area contributed by atoms with E-state index in [0.717, 1.165) is 16.9 Å². The van der Waals surface area contributed by atoms with E-state index in [1.165, 1.54) is 24.0 Å². The summed E-state index contributed by atoms with van der Waals surface area (Å²) < 4.78 is 4.81. The predicted molar refractivity (Wildman–Crippen MR) is 104 cm³/mol. The zero-order valence-electron chi connectivity index (χ0n) is 14.3. The maximum absolute atomic E-state index is 11.8. The minimum absolute atomic E-state index is 0.0681. The van der Waals surface area contributed by atoms with Gasteiger partial charge < -0.3 is 15.4 Å². The number of hydrogen-bond donors (Lipinski definition) is 2. The number of thiophene rings is 1. The van der Waals surface area contributed by atoms with Crippen molar-refractivity contribution in [2.45, 2.75) is 33.2 Å². The Bertz CT molecular complexity index is 723. The molecule has 0 fully saturated rings. The van der Waals surface area contributed by atoms with Crippen molar-refractivity contribution in [3.63, 3.8) is 0 Å². The molecule has 4 nitrogen and oxygen atoms in total. The van der Waals surface area contributed by atoms with Crippen LogP contribution in [0.25, 0.3) is 0 Å². The second-order valence-corrected chi connectivity index (χ2v) is 7.17. The van der Waals surface area contributed by atoms with Crippen LogP contribution < -0.4 is 10.6 Å². The second-order valence-electron chi connectivity index (χ2n) is 5.51. The first-order valence-electron chi connectivity index (χ1n) is 7.79. The standard InChI is InChI=1S/C18H22N2O2S2/c1-5-13-6-8-14(9-7-13)12(3)19-18(23)20-16-15(17(21)22-4)10-11(2)24-16/h6-10,12H,5H2,1-4H3,(H2,19,20,23). The average molecular weight is 363 g/mol. The number of carbonyl (C=O) groups is 1. The molecule has 1 aromatic heterocycles. The van der Waals surface area contributed by atoms with Crippen molar-refractivity contribution < 1.29 is 9.53 Å². The summed E-state index contributed by atoms with van der Waals surface area (Å²) in [5.41, 5.74) is 2.97. The Morgan fingerprint density at radius 3 is 2.58 bits per heavy atom. The maximum atomic E-state index is 11.8. The summed E-state index contributed by atoms with van der Waals surface area (Å²) >= 11 is 6.86. The summed E-state index contributed by atoms with van der Waals surface area (Å²) in [7, 11) is 1.37. The highest BCUT2D eigenvalue weighted by Gasteiger charge is 2.17. The van der Waals surface area contributed by atoms with Crippen LogP contribution in [0.4, 0.5) is 5.00 Å². The van der Waals surface area contributed by atoms with Crippen molar-refractivity contribution in [3.8, 4) is 0 Å². The molecular weight excluding hydrogens is 340 g/mol. The summed E-state index contributed by atoms with van der Waals surface area (Å²) in [6.45, 7) is 6.13. The van der Waals surface area contributed by atoms with E-state index in [4.69, 9.17) is 17.0 Å². The molecule has 2 rings (SSSR count). The predicted octanol–water partition coefficient (Wildman–Crippen LogP) is 4.45. The molecule has 1 atom stereocenters. The molecule has 0 aliphatic heterocycles. The summed E-state index contributed by atoms with van der Waals surface area (Å²) in [5, 5.41) is 7.54. The van der Waals surface area contributed by atoms with Crippen molar-refractivity contribution in [1.29, 1.82) is 0 Å². The molecule has 1 heterocycles. The first kappa shape index (κ1) is 18.4. The smallest absolute Gasteiger partial charge is 0.340 e. The van der Waals surface area contributed by atoms with E-state index in [2.05, 4.69) is 48.7 Å². The molecule has 2 aromatic rings. The van der Waals surface area contributed by atoms with Crippen LogP contribution in [0.5, 0.6) is 0 Å². The van der Waals surface area contributed by atoms with Crippen molar-refractivity contribution in [3.05, 3.63) is 51.9 Å². The van der Waals surface area contributed by atoms with Crippen LogP contribution in [0.1, 0.15) is 46.3 Å². The lowest BCUT2D eigenvalue weighted by molar-refractivity contribution is 0.0602. The monoisotopic (exact) mass is 362 g/mol. The van der Waals surface area contributed by atoms with E-state index in [-0.39, 0.29) is 12.0 Å². The minimum atomic E-state index is -0.368. The molecule has 0 radical (unpaired) electrons. The number of aryl methyl sites for hydroxylation is 2. The van der Waals surface area contributed by atoms with E-state index in [0.29, 0.717) is 15.7 Å². The van der Waals surface area contributed by atoms with Crippen LogP contribution in [0.3, 0.4) is 0 Å². The van der Waals surface area contributed by atoms with E-state index in [1.54, 1.807) is 6.07 Å². The van der Waals surface area contributed by atoms with Gasteiger partial charge in [-0.15, -0.1) is 11.3 Å². The van der Waals surface area contributed by atoms with Crippen LogP contribution >= 0.6 is 23.6 Å². The Morgan fingerprint density at radius 1 is 1.33 bits per heavy atom. The van der Waals surface area contributed by atoms with E-state index >= 15 is 0 Å². The summed E-state index contributed by atoms with van der Waals surface area (Å²) in [6, 6.07) is 10.3. The Labute approximate surface area is 152 Å². The van der Waals surface area contributed by atoms with Gasteiger partial charge in [-0.3, -0.25) is 0 Å². The average Bonchev–Trinajstić information content (AvgIpc) is 2.94.